The average molecular weight is 511 g/mol. The van der Waals surface area contributed by atoms with Crippen LogP contribution >= 0.6 is 11.8 Å². The fourth-order valence-electron chi connectivity index (χ4n) is 3.31. The molecule has 184 valence electrons. The molecule has 6 nitrogen and oxygen atoms in total. The molecular formula is C26H21F3N4O2S. The highest BCUT2D eigenvalue weighted by molar-refractivity contribution is 7.99. The molecule has 2 aromatic heterocycles. The van der Waals surface area contributed by atoms with Crippen molar-refractivity contribution < 1.29 is 22.7 Å². The second-order valence-electron chi connectivity index (χ2n) is 7.71. The Morgan fingerprint density at radius 1 is 0.944 bits per heavy atom. The quantitative estimate of drug-likeness (QED) is 0.235. The molecule has 2 aromatic carbocycles. The van der Waals surface area contributed by atoms with Crippen LogP contribution in [0.5, 0.6) is 5.75 Å². The summed E-state index contributed by atoms with van der Waals surface area (Å²) in [7, 11) is 1.50. The second-order valence-corrected chi connectivity index (χ2v) is 8.66. The lowest BCUT2D eigenvalue weighted by Crippen LogP contribution is -2.15. The summed E-state index contributed by atoms with van der Waals surface area (Å²) in [4.78, 5) is 24.3. The predicted molar refractivity (Wildman–Crippen MR) is 132 cm³/mol. The van der Waals surface area contributed by atoms with Gasteiger partial charge in [0.2, 0.25) is 5.91 Å². The van der Waals surface area contributed by atoms with Gasteiger partial charge in [0.15, 0.2) is 5.16 Å². The number of rotatable bonds is 8. The standard InChI is InChI=1S/C26H21F3N4O2S/c1-35-21-8-4-19(5-9-21)22-15-23(26(27,28)29)33-25(32-22)36-16-24(34)31-20-6-2-17(3-7-20)14-18-10-12-30-13-11-18/h2-13,15H,14,16H2,1H3,(H,31,34). The molecule has 0 fully saturated rings. The van der Waals surface area contributed by atoms with Crippen LogP contribution in [-0.2, 0) is 17.4 Å². The van der Waals surface area contributed by atoms with Gasteiger partial charge in [-0.1, -0.05) is 23.9 Å². The van der Waals surface area contributed by atoms with Crippen molar-refractivity contribution in [3.05, 3.63) is 95.9 Å². The normalized spacial score (nSPS) is 11.2. The molecule has 0 saturated heterocycles. The van der Waals surface area contributed by atoms with Gasteiger partial charge in [0.05, 0.1) is 18.6 Å². The number of anilines is 1. The van der Waals surface area contributed by atoms with E-state index in [1.807, 2.05) is 24.3 Å². The minimum Gasteiger partial charge on any atom is -0.497 e. The summed E-state index contributed by atoms with van der Waals surface area (Å²) in [6, 6.07) is 18.6. The lowest BCUT2D eigenvalue weighted by molar-refractivity contribution is -0.141. The summed E-state index contributed by atoms with van der Waals surface area (Å²) in [5.41, 5.74) is 2.28. The van der Waals surface area contributed by atoms with Gasteiger partial charge in [-0.3, -0.25) is 9.78 Å². The number of thioether (sulfide) groups is 1. The van der Waals surface area contributed by atoms with Crippen LogP contribution in [0.2, 0.25) is 0 Å². The number of alkyl halides is 3. The third kappa shape index (κ3) is 6.82. The molecule has 1 amide bonds. The maximum Gasteiger partial charge on any atom is 0.433 e. The number of nitrogens with one attached hydrogen (secondary N) is 1. The lowest BCUT2D eigenvalue weighted by atomic mass is 10.1. The van der Waals surface area contributed by atoms with Gasteiger partial charge in [0.1, 0.15) is 11.4 Å². The number of hydrogen-bond acceptors (Lipinski definition) is 6. The Kier molecular flexibility index (Phi) is 7.84. The van der Waals surface area contributed by atoms with Gasteiger partial charge in [-0.15, -0.1) is 0 Å². The summed E-state index contributed by atoms with van der Waals surface area (Å²) in [5.74, 6) is 0.0386. The van der Waals surface area contributed by atoms with E-state index in [-0.39, 0.29) is 22.5 Å². The van der Waals surface area contributed by atoms with Crippen molar-refractivity contribution in [2.24, 2.45) is 0 Å². The number of pyridine rings is 1. The van der Waals surface area contributed by atoms with E-state index in [0.717, 1.165) is 35.4 Å². The van der Waals surface area contributed by atoms with Gasteiger partial charge in [0, 0.05) is 23.6 Å². The average Bonchev–Trinajstić information content (AvgIpc) is 2.88. The number of methoxy groups -OCH3 is 1. The van der Waals surface area contributed by atoms with E-state index in [9.17, 15) is 18.0 Å². The Hall–Kier alpha value is -3.92. The van der Waals surface area contributed by atoms with Crippen LogP contribution in [-0.4, -0.2) is 33.7 Å². The van der Waals surface area contributed by atoms with E-state index >= 15 is 0 Å². The molecule has 0 saturated carbocycles. The first kappa shape index (κ1) is 25.2. The minimum atomic E-state index is -4.65. The molecule has 1 N–H and O–H groups in total. The summed E-state index contributed by atoms with van der Waals surface area (Å²) in [6.07, 6.45) is -0.457. The first-order valence-electron chi connectivity index (χ1n) is 10.8. The number of amides is 1. The van der Waals surface area contributed by atoms with Crippen molar-refractivity contribution in [3.8, 4) is 17.0 Å². The van der Waals surface area contributed by atoms with Crippen molar-refractivity contribution in [3.63, 3.8) is 0 Å². The number of ether oxygens (including phenoxy) is 1. The number of carbonyl (C=O) groups is 1. The minimum absolute atomic E-state index is 0.104. The molecule has 4 aromatic rings. The third-order valence-electron chi connectivity index (χ3n) is 5.11. The number of halogens is 3. The third-order valence-corrected chi connectivity index (χ3v) is 5.96. The zero-order valence-electron chi connectivity index (χ0n) is 19.1. The Morgan fingerprint density at radius 3 is 2.25 bits per heavy atom. The van der Waals surface area contributed by atoms with Gasteiger partial charge >= 0.3 is 6.18 Å². The van der Waals surface area contributed by atoms with E-state index in [0.29, 0.717) is 17.0 Å². The van der Waals surface area contributed by atoms with Gasteiger partial charge < -0.3 is 10.1 Å². The molecule has 0 unspecified atom stereocenters. The molecule has 0 spiro atoms. The molecule has 36 heavy (non-hydrogen) atoms. The fraction of sp³-hybridized carbons (Fsp3) is 0.154. The van der Waals surface area contributed by atoms with Gasteiger partial charge in [-0.05, 0) is 72.1 Å². The molecule has 0 atom stereocenters. The van der Waals surface area contributed by atoms with Crippen LogP contribution in [0, 0.1) is 0 Å². The van der Waals surface area contributed by atoms with Gasteiger partial charge in [-0.2, -0.15) is 13.2 Å². The second kappa shape index (κ2) is 11.2. The van der Waals surface area contributed by atoms with Crippen molar-refractivity contribution in [1.29, 1.82) is 0 Å². The van der Waals surface area contributed by atoms with E-state index in [1.165, 1.54) is 7.11 Å². The van der Waals surface area contributed by atoms with Crippen LogP contribution in [0.15, 0.2) is 84.3 Å². The highest BCUT2D eigenvalue weighted by Crippen LogP contribution is 2.32. The zero-order valence-corrected chi connectivity index (χ0v) is 19.9. The lowest BCUT2D eigenvalue weighted by Gasteiger charge is -2.11. The molecule has 10 heteroatoms. The molecule has 4 rings (SSSR count). The Bertz CT molecular complexity index is 1320. The number of hydrogen-bond donors (Lipinski definition) is 1. The summed E-state index contributed by atoms with van der Waals surface area (Å²) in [5, 5.41) is 2.61. The van der Waals surface area contributed by atoms with Gasteiger partial charge in [-0.25, -0.2) is 9.97 Å². The van der Waals surface area contributed by atoms with Crippen LogP contribution in [0.4, 0.5) is 18.9 Å². The molecular weight excluding hydrogens is 489 g/mol. The Morgan fingerprint density at radius 2 is 1.61 bits per heavy atom. The van der Waals surface area contributed by atoms with Crippen LogP contribution in [0.3, 0.4) is 0 Å². The number of benzene rings is 2. The number of carbonyl (C=O) groups excluding carboxylic acids is 1. The maximum atomic E-state index is 13.4. The van der Waals surface area contributed by atoms with Crippen molar-refractivity contribution >= 4 is 23.4 Å². The maximum absolute atomic E-state index is 13.4. The molecule has 0 aliphatic carbocycles. The summed E-state index contributed by atoms with van der Waals surface area (Å²) >= 11 is 0.835. The van der Waals surface area contributed by atoms with Crippen LogP contribution < -0.4 is 10.1 Å². The fourth-order valence-corrected chi connectivity index (χ4v) is 3.97. The molecule has 0 radical (unpaired) electrons. The van der Waals surface area contributed by atoms with Crippen molar-refractivity contribution in [2.45, 2.75) is 17.8 Å². The zero-order chi connectivity index (χ0) is 25.5. The number of nitrogens with zero attached hydrogens (tertiary/aromatic N) is 3. The predicted octanol–water partition coefficient (Wildman–Crippen LogP) is 5.89. The van der Waals surface area contributed by atoms with E-state index in [4.69, 9.17) is 4.74 Å². The Labute approximate surface area is 210 Å². The van der Waals surface area contributed by atoms with E-state index in [2.05, 4.69) is 20.3 Å². The number of aromatic nitrogens is 3. The summed E-state index contributed by atoms with van der Waals surface area (Å²) in [6.45, 7) is 0. The highest BCUT2D eigenvalue weighted by atomic mass is 32.2. The smallest absolute Gasteiger partial charge is 0.433 e. The first-order valence-corrected chi connectivity index (χ1v) is 11.8. The van der Waals surface area contributed by atoms with Crippen molar-refractivity contribution in [2.75, 3.05) is 18.2 Å². The molecule has 2 heterocycles. The first-order chi connectivity index (χ1) is 17.3. The van der Waals surface area contributed by atoms with Crippen LogP contribution in [0.25, 0.3) is 11.3 Å². The SMILES string of the molecule is COc1ccc(-c2cc(C(F)(F)F)nc(SCC(=O)Nc3ccc(Cc4ccncc4)cc3)n2)cc1. The largest absolute Gasteiger partial charge is 0.497 e. The monoisotopic (exact) mass is 510 g/mol. The molecule has 0 aliphatic rings. The Balaban J connectivity index is 1.42. The van der Waals surface area contributed by atoms with E-state index < -0.39 is 11.9 Å². The van der Waals surface area contributed by atoms with E-state index in [1.54, 1.807) is 48.8 Å². The van der Waals surface area contributed by atoms with Crippen LogP contribution in [0.1, 0.15) is 16.8 Å². The molecule has 0 aliphatic heterocycles. The topological polar surface area (TPSA) is 77.0 Å². The van der Waals surface area contributed by atoms with Gasteiger partial charge in [0.25, 0.3) is 0 Å². The summed E-state index contributed by atoms with van der Waals surface area (Å²) < 4.78 is 45.4. The highest BCUT2D eigenvalue weighted by Gasteiger charge is 2.34. The molecule has 0 bridgehead atoms. The van der Waals surface area contributed by atoms with Crippen molar-refractivity contribution in [1.82, 2.24) is 15.0 Å².